The van der Waals surface area contributed by atoms with Crippen molar-refractivity contribution in [1.29, 1.82) is 0 Å². The van der Waals surface area contributed by atoms with Crippen LogP contribution in [0.3, 0.4) is 0 Å². The van der Waals surface area contributed by atoms with Crippen molar-refractivity contribution >= 4 is 17.6 Å². The molecule has 0 unspecified atom stereocenters. The molecule has 3 rings (SSSR count). The summed E-state index contributed by atoms with van der Waals surface area (Å²) in [5, 5.41) is 19.3. The van der Waals surface area contributed by atoms with E-state index < -0.39 is 30.0 Å². The average molecular weight is 313 g/mol. The van der Waals surface area contributed by atoms with E-state index in [2.05, 4.69) is 0 Å². The van der Waals surface area contributed by atoms with Crippen LogP contribution >= 0.6 is 0 Å². The Balaban J connectivity index is 1.73. The van der Waals surface area contributed by atoms with E-state index in [4.69, 9.17) is 4.84 Å². The normalized spacial score (nSPS) is 13.3. The first-order valence-electron chi connectivity index (χ1n) is 6.65. The quantitative estimate of drug-likeness (QED) is 0.655. The molecule has 7 heteroatoms. The minimum Gasteiger partial charge on any atom is -0.508 e. The van der Waals surface area contributed by atoms with E-state index in [-0.39, 0.29) is 22.4 Å². The number of hydrogen-bond acceptors (Lipinski definition) is 6. The molecule has 0 aliphatic carbocycles. The van der Waals surface area contributed by atoms with Gasteiger partial charge in [0, 0.05) is 6.07 Å². The molecule has 1 aliphatic rings. The molecule has 1 heterocycles. The van der Waals surface area contributed by atoms with E-state index in [1.54, 1.807) is 12.1 Å². The van der Waals surface area contributed by atoms with Gasteiger partial charge in [0.2, 0.25) is 0 Å². The fourth-order valence-corrected chi connectivity index (χ4v) is 2.24. The third kappa shape index (κ3) is 2.53. The molecular weight excluding hydrogens is 302 g/mol. The third-order valence-electron chi connectivity index (χ3n) is 3.36. The largest absolute Gasteiger partial charge is 0.508 e. The first-order chi connectivity index (χ1) is 11.0. The van der Waals surface area contributed by atoms with Crippen molar-refractivity contribution in [3.63, 3.8) is 0 Å². The fourth-order valence-electron chi connectivity index (χ4n) is 2.24. The van der Waals surface area contributed by atoms with Crippen LogP contribution in [0.4, 0.5) is 0 Å². The summed E-state index contributed by atoms with van der Waals surface area (Å²) in [6.45, 7) is -0.607. The number of nitrogens with zero attached hydrogens (tertiary/aromatic N) is 1. The average Bonchev–Trinajstić information content (AvgIpc) is 2.77. The van der Waals surface area contributed by atoms with Gasteiger partial charge in [-0.25, -0.2) is 0 Å². The van der Waals surface area contributed by atoms with Gasteiger partial charge in [0.05, 0.1) is 16.7 Å². The predicted molar refractivity (Wildman–Crippen MR) is 77.0 cm³/mol. The van der Waals surface area contributed by atoms with Crippen LogP contribution in [0, 0.1) is 0 Å². The zero-order valence-corrected chi connectivity index (χ0v) is 11.7. The van der Waals surface area contributed by atoms with Crippen LogP contribution in [-0.2, 0) is 4.84 Å². The van der Waals surface area contributed by atoms with Gasteiger partial charge in [0.25, 0.3) is 11.8 Å². The van der Waals surface area contributed by atoms with E-state index >= 15 is 0 Å². The van der Waals surface area contributed by atoms with Crippen LogP contribution in [0.5, 0.6) is 11.5 Å². The molecule has 0 atom stereocenters. The Hall–Kier alpha value is -3.19. The Kier molecular flexibility index (Phi) is 3.55. The highest BCUT2D eigenvalue weighted by atomic mass is 16.7. The maximum atomic E-state index is 12.1. The Labute approximate surface area is 130 Å². The van der Waals surface area contributed by atoms with E-state index in [1.807, 2.05) is 0 Å². The highest BCUT2D eigenvalue weighted by Gasteiger charge is 2.36. The molecule has 2 aromatic carbocycles. The van der Waals surface area contributed by atoms with Crippen LogP contribution in [-0.4, -0.2) is 39.5 Å². The number of phenolic OH excluding ortho intramolecular Hbond substituents is 2. The van der Waals surface area contributed by atoms with Crippen molar-refractivity contribution in [2.75, 3.05) is 6.61 Å². The number of fused-ring (bicyclic) bond motifs is 1. The van der Waals surface area contributed by atoms with Gasteiger partial charge in [-0.05, 0) is 24.3 Å². The first-order valence-corrected chi connectivity index (χ1v) is 6.65. The maximum absolute atomic E-state index is 12.1. The maximum Gasteiger partial charge on any atom is 0.285 e. The summed E-state index contributed by atoms with van der Waals surface area (Å²) in [5.74, 6) is -2.54. The van der Waals surface area contributed by atoms with Crippen molar-refractivity contribution in [2.45, 2.75) is 0 Å². The summed E-state index contributed by atoms with van der Waals surface area (Å²) < 4.78 is 0. The summed E-state index contributed by atoms with van der Waals surface area (Å²) in [5.41, 5.74) is 0.328. The third-order valence-corrected chi connectivity index (χ3v) is 3.36. The van der Waals surface area contributed by atoms with E-state index in [0.29, 0.717) is 5.06 Å². The van der Waals surface area contributed by atoms with Crippen LogP contribution in [0.2, 0.25) is 0 Å². The van der Waals surface area contributed by atoms with Gasteiger partial charge in [-0.2, -0.15) is 0 Å². The number of aromatic hydroxyl groups is 2. The number of phenols is 2. The Morgan fingerprint density at radius 2 is 1.61 bits per heavy atom. The zero-order chi connectivity index (χ0) is 16.6. The van der Waals surface area contributed by atoms with Crippen molar-refractivity contribution in [3.05, 3.63) is 59.2 Å². The molecule has 0 aromatic heterocycles. The highest BCUT2D eigenvalue weighted by Crippen LogP contribution is 2.25. The highest BCUT2D eigenvalue weighted by molar-refractivity contribution is 6.20. The van der Waals surface area contributed by atoms with Gasteiger partial charge >= 0.3 is 0 Å². The number of carbonyl (C=O) groups is 3. The molecule has 0 radical (unpaired) electrons. The van der Waals surface area contributed by atoms with Crippen LogP contribution < -0.4 is 0 Å². The van der Waals surface area contributed by atoms with Gasteiger partial charge in [-0.15, -0.1) is 5.06 Å². The predicted octanol–water partition coefficient (Wildman–Crippen LogP) is 1.51. The molecule has 0 fully saturated rings. The van der Waals surface area contributed by atoms with E-state index in [0.717, 1.165) is 6.07 Å². The second-order valence-electron chi connectivity index (χ2n) is 4.85. The molecule has 116 valence electrons. The lowest BCUT2D eigenvalue weighted by Crippen LogP contribution is -2.32. The zero-order valence-electron chi connectivity index (χ0n) is 11.7. The van der Waals surface area contributed by atoms with Gasteiger partial charge in [0.15, 0.2) is 5.78 Å². The van der Waals surface area contributed by atoms with Crippen LogP contribution in [0.15, 0.2) is 42.5 Å². The number of imide groups is 1. The smallest absolute Gasteiger partial charge is 0.285 e. The number of carbonyl (C=O) groups excluding carboxylic acids is 3. The Bertz CT molecular complexity index is 794. The second-order valence-corrected chi connectivity index (χ2v) is 4.85. The topological polar surface area (TPSA) is 104 Å². The number of benzene rings is 2. The first kappa shape index (κ1) is 14.7. The Morgan fingerprint density at radius 3 is 2.17 bits per heavy atom. The molecule has 0 saturated carbocycles. The Morgan fingerprint density at radius 1 is 1.00 bits per heavy atom. The van der Waals surface area contributed by atoms with Crippen molar-refractivity contribution < 1.29 is 29.4 Å². The monoisotopic (exact) mass is 313 g/mol. The summed E-state index contributed by atoms with van der Waals surface area (Å²) in [6, 6.07) is 9.68. The standard InChI is InChI=1S/C16H11NO6/c18-9-5-6-12(13(19)7-9)14(20)8-23-17-15(21)10-3-1-2-4-11(10)16(17)22/h1-7,18-19H,8H2. The lowest BCUT2D eigenvalue weighted by atomic mass is 10.1. The SMILES string of the molecule is O=C(CON1C(=O)c2ccccc2C1=O)c1ccc(O)cc1O. The lowest BCUT2D eigenvalue weighted by molar-refractivity contribution is -0.0818. The number of amides is 2. The molecule has 23 heavy (non-hydrogen) atoms. The molecule has 1 aliphatic heterocycles. The summed E-state index contributed by atoms with van der Waals surface area (Å²) in [7, 11) is 0. The molecule has 2 aromatic rings. The van der Waals surface area contributed by atoms with E-state index in [1.165, 1.54) is 24.3 Å². The minimum absolute atomic E-state index is 0.0839. The summed E-state index contributed by atoms with van der Waals surface area (Å²) >= 11 is 0. The van der Waals surface area contributed by atoms with Crippen molar-refractivity contribution in [2.24, 2.45) is 0 Å². The van der Waals surface area contributed by atoms with Gasteiger partial charge in [-0.3, -0.25) is 19.2 Å². The number of Topliss-reactive ketones (excluding diaryl/α,β-unsaturated/α-hetero) is 1. The second kappa shape index (κ2) is 5.54. The fraction of sp³-hybridized carbons (Fsp3) is 0.0625. The molecule has 7 nitrogen and oxygen atoms in total. The molecule has 0 bridgehead atoms. The molecule has 0 spiro atoms. The van der Waals surface area contributed by atoms with E-state index in [9.17, 15) is 24.6 Å². The molecule has 0 saturated heterocycles. The van der Waals surface area contributed by atoms with Gasteiger partial charge in [-0.1, -0.05) is 12.1 Å². The number of hydroxylamine groups is 2. The summed E-state index contributed by atoms with van der Waals surface area (Å²) in [4.78, 5) is 41.1. The molecule has 2 amide bonds. The number of ketones is 1. The lowest BCUT2D eigenvalue weighted by Gasteiger charge is -2.13. The van der Waals surface area contributed by atoms with Crippen molar-refractivity contribution in [3.8, 4) is 11.5 Å². The summed E-state index contributed by atoms with van der Waals surface area (Å²) in [6.07, 6.45) is 0. The van der Waals surface area contributed by atoms with Crippen LogP contribution in [0.1, 0.15) is 31.1 Å². The van der Waals surface area contributed by atoms with Gasteiger partial charge in [0.1, 0.15) is 18.1 Å². The van der Waals surface area contributed by atoms with Crippen molar-refractivity contribution in [1.82, 2.24) is 5.06 Å². The van der Waals surface area contributed by atoms with Crippen LogP contribution in [0.25, 0.3) is 0 Å². The minimum atomic E-state index is -0.645. The number of rotatable bonds is 4. The molecule has 2 N–H and O–H groups in total. The van der Waals surface area contributed by atoms with Gasteiger partial charge < -0.3 is 10.2 Å². The molecular formula is C16H11NO6. The number of hydrogen-bond donors (Lipinski definition) is 2.